The summed E-state index contributed by atoms with van der Waals surface area (Å²) >= 11 is 0. The Morgan fingerprint density at radius 3 is 2.36 bits per heavy atom. The van der Waals surface area contributed by atoms with E-state index in [1.807, 2.05) is 32.0 Å². The highest BCUT2D eigenvalue weighted by Gasteiger charge is 2.27. The zero-order chi connectivity index (χ0) is 20.9. The second kappa shape index (κ2) is 9.21. The lowest BCUT2D eigenvalue weighted by Crippen LogP contribution is -2.31. The summed E-state index contributed by atoms with van der Waals surface area (Å²) in [4.78, 5) is 12.9. The van der Waals surface area contributed by atoms with Crippen LogP contribution in [0.4, 0.5) is 5.69 Å². The van der Waals surface area contributed by atoms with Crippen molar-refractivity contribution in [1.29, 1.82) is 0 Å². The number of rotatable bonds is 8. The SMILES string of the molecule is CCc1cccc(C)c1NC(=O)c1ccc(OC)c(S(=O)(=O)N(CC)CC)c1. The highest BCUT2D eigenvalue weighted by molar-refractivity contribution is 7.89. The topological polar surface area (TPSA) is 75.7 Å². The smallest absolute Gasteiger partial charge is 0.255 e. The lowest BCUT2D eigenvalue weighted by molar-refractivity contribution is 0.102. The highest BCUT2D eigenvalue weighted by Crippen LogP contribution is 2.29. The summed E-state index contributed by atoms with van der Waals surface area (Å²) in [6.07, 6.45) is 0.779. The number of carbonyl (C=O) groups is 1. The van der Waals surface area contributed by atoms with Crippen LogP contribution in [0.2, 0.25) is 0 Å². The van der Waals surface area contributed by atoms with E-state index in [4.69, 9.17) is 4.74 Å². The van der Waals surface area contributed by atoms with Crippen LogP contribution in [0.5, 0.6) is 5.75 Å². The molecule has 2 aromatic carbocycles. The molecule has 0 heterocycles. The van der Waals surface area contributed by atoms with Crippen LogP contribution >= 0.6 is 0 Å². The number of nitrogens with one attached hydrogen (secondary N) is 1. The standard InChI is InChI=1S/C21H28N2O4S/c1-6-16-11-9-10-15(4)20(16)22-21(24)17-12-13-18(27-5)19(14-17)28(25,26)23(7-2)8-3/h9-14H,6-8H2,1-5H3,(H,22,24). The van der Waals surface area contributed by atoms with Crippen LogP contribution in [0.15, 0.2) is 41.3 Å². The first kappa shape index (κ1) is 21.9. The molecule has 2 aromatic rings. The number of hydrogen-bond acceptors (Lipinski definition) is 4. The molecule has 0 bridgehead atoms. The number of para-hydroxylation sites is 1. The third kappa shape index (κ3) is 4.36. The maximum atomic E-state index is 13.0. The fourth-order valence-electron chi connectivity index (χ4n) is 3.11. The largest absolute Gasteiger partial charge is 0.495 e. The first-order chi connectivity index (χ1) is 13.3. The van der Waals surface area contributed by atoms with E-state index in [1.54, 1.807) is 19.9 Å². The quantitative estimate of drug-likeness (QED) is 0.725. The summed E-state index contributed by atoms with van der Waals surface area (Å²) in [6.45, 7) is 8.16. The van der Waals surface area contributed by atoms with Gasteiger partial charge < -0.3 is 10.1 Å². The summed E-state index contributed by atoms with van der Waals surface area (Å²) in [7, 11) is -2.35. The number of ether oxygens (including phenoxy) is 1. The van der Waals surface area contributed by atoms with Crippen LogP contribution in [-0.4, -0.2) is 38.8 Å². The van der Waals surface area contributed by atoms with E-state index < -0.39 is 10.0 Å². The van der Waals surface area contributed by atoms with Gasteiger partial charge in [-0.25, -0.2) is 8.42 Å². The molecule has 0 unspecified atom stereocenters. The van der Waals surface area contributed by atoms with Crippen molar-refractivity contribution in [3.05, 3.63) is 53.1 Å². The Hall–Kier alpha value is -2.38. The Kier molecular flexibility index (Phi) is 7.21. The van der Waals surface area contributed by atoms with Gasteiger partial charge in [0.15, 0.2) is 0 Å². The van der Waals surface area contributed by atoms with E-state index in [1.165, 1.54) is 23.5 Å². The Labute approximate surface area is 167 Å². The van der Waals surface area contributed by atoms with Crippen molar-refractivity contribution in [2.24, 2.45) is 0 Å². The molecule has 6 nitrogen and oxygen atoms in total. The third-order valence-corrected chi connectivity index (χ3v) is 6.80. The van der Waals surface area contributed by atoms with Gasteiger partial charge in [0.25, 0.3) is 5.91 Å². The number of nitrogens with zero attached hydrogens (tertiary/aromatic N) is 1. The van der Waals surface area contributed by atoms with E-state index in [0.717, 1.165) is 23.2 Å². The minimum Gasteiger partial charge on any atom is -0.495 e. The van der Waals surface area contributed by atoms with Crippen molar-refractivity contribution < 1.29 is 17.9 Å². The van der Waals surface area contributed by atoms with Crippen LogP contribution in [-0.2, 0) is 16.4 Å². The van der Waals surface area contributed by atoms with E-state index >= 15 is 0 Å². The van der Waals surface area contributed by atoms with Gasteiger partial charge in [0.05, 0.1) is 7.11 Å². The lowest BCUT2D eigenvalue weighted by atomic mass is 10.1. The van der Waals surface area contributed by atoms with Crippen LogP contribution in [0.3, 0.4) is 0 Å². The maximum Gasteiger partial charge on any atom is 0.255 e. The van der Waals surface area contributed by atoms with Crippen molar-refractivity contribution in [2.75, 3.05) is 25.5 Å². The molecule has 0 atom stereocenters. The van der Waals surface area contributed by atoms with Crippen LogP contribution < -0.4 is 10.1 Å². The second-order valence-electron chi connectivity index (χ2n) is 6.37. The summed E-state index contributed by atoms with van der Waals surface area (Å²) in [6, 6.07) is 10.3. The number of sulfonamides is 1. The number of hydrogen-bond donors (Lipinski definition) is 1. The molecule has 0 saturated heterocycles. The summed E-state index contributed by atoms with van der Waals surface area (Å²) in [5.74, 6) is -0.142. The fraction of sp³-hybridized carbons (Fsp3) is 0.381. The monoisotopic (exact) mass is 404 g/mol. The van der Waals surface area contributed by atoms with Crippen LogP contribution in [0, 0.1) is 6.92 Å². The van der Waals surface area contributed by atoms with Gasteiger partial charge in [0.1, 0.15) is 10.6 Å². The molecule has 2 rings (SSSR count). The third-order valence-electron chi connectivity index (χ3n) is 4.73. The normalized spacial score (nSPS) is 11.5. The molecule has 0 aliphatic carbocycles. The number of carbonyl (C=O) groups excluding carboxylic acids is 1. The first-order valence-corrected chi connectivity index (χ1v) is 10.8. The molecule has 0 aliphatic heterocycles. The average molecular weight is 405 g/mol. The van der Waals surface area contributed by atoms with Crippen molar-refractivity contribution in [2.45, 2.75) is 39.0 Å². The van der Waals surface area contributed by atoms with E-state index in [2.05, 4.69) is 5.32 Å². The first-order valence-electron chi connectivity index (χ1n) is 9.38. The summed E-state index contributed by atoms with van der Waals surface area (Å²) < 4.78 is 32.5. The molecule has 1 N–H and O–H groups in total. The van der Waals surface area contributed by atoms with Crippen molar-refractivity contribution in [1.82, 2.24) is 4.31 Å². The van der Waals surface area contributed by atoms with Crippen LogP contribution in [0.25, 0.3) is 0 Å². The second-order valence-corrected chi connectivity index (χ2v) is 8.28. The van der Waals surface area contributed by atoms with Gasteiger partial charge in [-0.3, -0.25) is 4.79 Å². The maximum absolute atomic E-state index is 13.0. The van der Waals surface area contributed by atoms with E-state index in [9.17, 15) is 13.2 Å². The van der Waals surface area contributed by atoms with Gasteiger partial charge in [0, 0.05) is 24.3 Å². The zero-order valence-electron chi connectivity index (χ0n) is 17.1. The van der Waals surface area contributed by atoms with Crippen molar-refractivity contribution >= 4 is 21.6 Å². The molecule has 0 fully saturated rings. The van der Waals surface area contributed by atoms with Crippen LogP contribution in [0.1, 0.15) is 42.3 Å². The molecule has 0 aliphatic rings. The fourth-order valence-corrected chi connectivity index (χ4v) is 4.75. The molecule has 0 aromatic heterocycles. The minimum atomic E-state index is -3.77. The molecule has 0 spiro atoms. The Morgan fingerprint density at radius 2 is 1.79 bits per heavy atom. The number of anilines is 1. The average Bonchev–Trinajstić information content (AvgIpc) is 2.69. The molecule has 0 radical (unpaired) electrons. The predicted octanol–water partition coefficient (Wildman–Crippen LogP) is 3.85. The van der Waals surface area contributed by atoms with Crippen molar-refractivity contribution in [3.8, 4) is 5.75 Å². The molecule has 1 amide bonds. The minimum absolute atomic E-state index is 0.00755. The number of methoxy groups -OCH3 is 1. The Balaban J connectivity index is 2.47. The molecule has 28 heavy (non-hydrogen) atoms. The summed E-state index contributed by atoms with van der Waals surface area (Å²) in [5, 5.41) is 2.93. The van der Waals surface area contributed by atoms with Gasteiger partial charge in [-0.2, -0.15) is 4.31 Å². The molecular weight excluding hydrogens is 376 g/mol. The van der Waals surface area contributed by atoms with Gasteiger partial charge in [-0.1, -0.05) is 39.0 Å². The van der Waals surface area contributed by atoms with Gasteiger partial charge in [-0.05, 0) is 42.7 Å². The number of benzene rings is 2. The van der Waals surface area contributed by atoms with Crippen molar-refractivity contribution in [3.63, 3.8) is 0 Å². The van der Waals surface area contributed by atoms with Gasteiger partial charge in [-0.15, -0.1) is 0 Å². The van der Waals surface area contributed by atoms with E-state index in [0.29, 0.717) is 13.1 Å². The highest BCUT2D eigenvalue weighted by atomic mass is 32.2. The number of aryl methyl sites for hydroxylation is 2. The molecule has 0 saturated carbocycles. The Morgan fingerprint density at radius 1 is 1.11 bits per heavy atom. The molecule has 7 heteroatoms. The molecular formula is C21H28N2O4S. The lowest BCUT2D eigenvalue weighted by Gasteiger charge is -2.20. The summed E-state index contributed by atoms with van der Waals surface area (Å²) in [5.41, 5.74) is 3.01. The van der Waals surface area contributed by atoms with E-state index in [-0.39, 0.29) is 22.1 Å². The Bertz CT molecular complexity index is 951. The predicted molar refractivity (Wildman–Crippen MR) is 112 cm³/mol. The zero-order valence-corrected chi connectivity index (χ0v) is 17.9. The number of amides is 1. The van der Waals surface area contributed by atoms with Gasteiger partial charge in [0.2, 0.25) is 10.0 Å². The molecule has 152 valence electrons. The van der Waals surface area contributed by atoms with Gasteiger partial charge >= 0.3 is 0 Å².